The first-order valence-electron chi connectivity index (χ1n) is 10.8. The molecule has 0 radical (unpaired) electrons. The van der Waals surface area contributed by atoms with Gasteiger partial charge in [-0.3, -0.25) is 9.69 Å². The van der Waals surface area contributed by atoms with Crippen molar-refractivity contribution in [3.05, 3.63) is 77.1 Å². The third-order valence-electron chi connectivity index (χ3n) is 6.05. The van der Waals surface area contributed by atoms with Crippen LogP contribution < -0.4 is 10.1 Å². The number of nitrogens with zero attached hydrogens (tertiary/aromatic N) is 3. The fourth-order valence-electron chi connectivity index (χ4n) is 4.22. The monoisotopic (exact) mass is 418 g/mol. The van der Waals surface area contributed by atoms with Crippen molar-refractivity contribution in [1.82, 2.24) is 20.0 Å². The number of aryl methyl sites for hydroxylation is 1. The number of aromatic nitrogens is 2. The number of hydrogen-bond donors (Lipinski definition) is 1. The van der Waals surface area contributed by atoms with Gasteiger partial charge in [0.05, 0.1) is 36.3 Å². The van der Waals surface area contributed by atoms with Crippen molar-refractivity contribution in [2.45, 2.75) is 32.7 Å². The van der Waals surface area contributed by atoms with Gasteiger partial charge in [-0.2, -0.15) is 5.10 Å². The van der Waals surface area contributed by atoms with Crippen LogP contribution in [0.1, 0.15) is 46.1 Å². The molecule has 1 saturated heterocycles. The van der Waals surface area contributed by atoms with Gasteiger partial charge in [-0.15, -0.1) is 0 Å². The lowest BCUT2D eigenvalue weighted by atomic mass is 10.0. The molecule has 162 valence electrons. The molecule has 6 heteroatoms. The third kappa shape index (κ3) is 4.64. The first-order chi connectivity index (χ1) is 15.1. The molecule has 4 rings (SSSR count). The number of benzene rings is 2. The Kier molecular flexibility index (Phi) is 6.37. The quantitative estimate of drug-likeness (QED) is 0.629. The van der Waals surface area contributed by atoms with Crippen LogP contribution in [-0.2, 0) is 0 Å². The Hall–Kier alpha value is -3.12. The molecule has 31 heavy (non-hydrogen) atoms. The largest absolute Gasteiger partial charge is 0.497 e. The molecular weight excluding hydrogens is 388 g/mol. The van der Waals surface area contributed by atoms with E-state index in [1.807, 2.05) is 48.0 Å². The van der Waals surface area contributed by atoms with E-state index in [-0.39, 0.29) is 11.9 Å². The second kappa shape index (κ2) is 9.35. The number of rotatable bonds is 7. The molecular formula is C25H30N4O2. The van der Waals surface area contributed by atoms with E-state index in [1.165, 1.54) is 18.4 Å². The standard InChI is InChI=1S/C25H30N4O2/c1-18-9-11-21(12-10-18)29-19(2)23(16-27-29)25(30)26-17-24(28-13-4-5-14-28)20-7-6-8-22(15-20)31-3/h6-12,15-16,24H,4-5,13-14,17H2,1-3H3,(H,26,30)/t24-/m0/s1. The summed E-state index contributed by atoms with van der Waals surface area (Å²) in [5.74, 6) is 0.742. The average Bonchev–Trinajstić information content (AvgIpc) is 3.45. The number of carbonyl (C=O) groups is 1. The summed E-state index contributed by atoms with van der Waals surface area (Å²) in [6, 6.07) is 16.4. The maximum atomic E-state index is 13.0. The van der Waals surface area contributed by atoms with Crippen LogP contribution in [0.4, 0.5) is 0 Å². The smallest absolute Gasteiger partial charge is 0.254 e. The van der Waals surface area contributed by atoms with Gasteiger partial charge in [0.2, 0.25) is 0 Å². The number of likely N-dealkylation sites (tertiary alicyclic amines) is 1. The maximum absolute atomic E-state index is 13.0. The van der Waals surface area contributed by atoms with Crippen molar-refractivity contribution in [1.29, 1.82) is 0 Å². The number of nitrogens with one attached hydrogen (secondary N) is 1. The molecule has 1 aromatic heterocycles. The van der Waals surface area contributed by atoms with Crippen molar-refractivity contribution in [2.24, 2.45) is 0 Å². The Balaban J connectivity index is 1.51. The zero-order valence-corrected chi connectivity index (χ0v) is 18.5. The Labute approximate surface area is 183 Å². The summed E-state index contributed by atoms with van der Waals surface area (Å²) < 4.78 is 7.23. The highest BCUT2D eigenvalue weighted by Gasteiger charge is 2.25. The van der Waals surface area contributed by atoms with Gasteiger partial charge in [0.1, 0.15) is 5.75 Å². The van der Waals surface area contributed by atoms with Gasteiger partial charge in [-0.05, 0) is 69.6 Å². The van der Waals surface area contributed by atoms with Crippen LogP contribution in [0.2, 0.25) is 0 Å². The molecule has 0 aliphatic carbocycles. The number of ether oxygens (including phenoxy) is 1. The predicted molar refractivity (Wildman–Crippen MR) is 122 cm³/mol. The number of hydrogen-bond acceptors (Lipinski definition) is 4. The first-order valence-corrected chi connectivity index (χ1v) is 10.8. The first kappa shape index (κ1) is 21.1. The normalized spacial score (nSPS) is 15.1. The van der Waals surface area contributed by atoms with Crippen LogP contribution >= 0.6 is 0 Å². The molecule has 3 aromatic rings. The van der Waals surface area contributed by atoms with Gasteiger partial charge in [0.15, 0.2) is 0 Å². The summed E-state index contributed by atoms with van der Waals surface area (Å²) >= 11 is 0. The van der Waals surface area contributed by atoms with E-state index in [0.29, 0.717) is 12.1 Å². The Morgan fingerprint density at radius 2 is 1.87 bits per heavy atom. The van der Waals surface area contributed by atoms with E-state index in [0.717, 1.165) is 35.8 Å². The number of methoxy groups -OCH3 is 1. The van der Waals surface area contributed by atoms with E-state index in [1.54, 1.807) is 13.3 Å². The third-order valence-corrected chi connectivity index (χ3v) is 6.05. The molecule has 1 N–H and O–H groups in total. The summed E-state index contributed by atoms with van der Waals surface area (Å²) in [4.78, 5) is 15.5. The molecule has 0 bridgehead atoms. The molecule has 1 atom stereocenters. The fourth-order valence-corrected chi connectivity index (χ4v) is 4.22. The molecule has 1 aliphatic heterocycles. The van der Waals surface area contributed by atoms with E-state index < -0.39 is 0 Å². The van der Waals surface area contributed by atoms with Crippen molar-refractivity contribution in [3.8, 4) is 11.4 Å². The lowest BCUT2D eigenvalue weighted by molar-refractivity contribution is 0.0937. The van der Waals surface area contributed by atoms with Gasteiger partial charge in [0.25, 0.3) is 5.91 Å². The SMILES string of the molecule is COc1cccc([C@H](CNC(=O)c2cnn(-c3ccc(C)cc3)c2C)N2CCCC2)c1. The topological polar surface area (TPSA) is 59.4 Å². The van der Waals surface area contributed by atoms with Crippen LogP contribution in [0.5, 0.6) is 5.75 Å². The van der Waals surface area contributed by atoms with Crippen LogP contribution in [0.15, 0.2) is 54.7 Å². The van der Waals surface area contributed by atoms with Crippen LogP contribution in [0.3, 0.4) is 0 Å². The number of amides is 1. The summed E-state index contributed by atoms with van der Waals surface area (Å²) in [5, 5.41) is 7.60. The second-order valence-electron chi connectivity index (χ2n) is 8.14. The minimum Gasteiger partial charge on any atom is -0.497 e. The Morgan fingerprint density at radius 1 is 1.13 bits per heavy atom. The van der Waals surface area contributed by atoms with E-state index in [4.69, 9.17) is 4.74 Å². The summed E-state index contributed by atoms with van der Waals surface area (Å²) in [6.45, 7) is 6.62. The van der Waals surface area contributed by atoms with Crippen molar-refractivity contribution < 1.29 is 9.53 Å². The van der Waals surface area contributed by atoms with E-state index in [2.05, 4.69) is 34.4 Å². The molecule has 1 aliphatic rings. The van der Waals surface area contributed by atoms with E-state index >= 15 is 0 Å². The summed E-state index contributed by atoms with van der Waals surface area (Å²) in [6.07, 6.45) is 4.04. The van der Waals surface area contributed by atoms with Crippen LogP contribution in [0, 0.1) is 13.8 Å². The molecule has 0 saturated carbocycles. The van der Waals surface area contributed by atoms with Crippen molar-refractivity contribution in [2.75, 3.05) is 26.7 Å². The van der Waals surface area contributed by atoms with E-state index in [9.17, 15) is 4.79 Å². The molecule has 0 unspecified atom stereocenters. The minimum atomic E-state index is -0.0945. The zero-order valence-electron chi connectivity index (χ0n) is 18.5. The van der Waals surface area contributed by atoms with Crippen LogP contribution in [0.25, 0.3) is 5.69 Å². The Bertz CT molecular complexity index is 1040. The summed E-state index contributed by atoms with van der Waals surface area (Å²) in [7, 11) is 1.68. The highest BCUT2D eigenvalue weighted by molar-refractivity contribution is 5.95. The number of carbonyl (C=O) groups excluding carboxylic acids is 1. The lowest BCUT2D eigenvalue weighted by Gasteiger charge is -2.28. The maximum Gasteiger partial charge on any atom is 0.254 e. The molecule has 0 spiro atoms. The van der Waals surface area contributed by atoms with Gasteiger partial charge < -0.3 is 10.1 Å². The Morgan fingerprint density at radius 3 is 2.58 bits per heavy atom. The van der Waals surface area contributed by atoms with Gasteiger partial charge >= 0.3 is 0 Å². The highest BCUT2D eigenvalue weighted by atomic mass is 16.5. The summed E-state index contributed by atoms with van der Waals surface area (Å²) in [5.41, 5.74) is 4.74. The molecule has 1 amide bonds. The molecule has 1 fully saturated rings. The molecule has 2 heterocycles. The van der Waals surface area contributed by atoms with Gasteiger partial charge in [0, 0.05) is 6.54 Å². The predicted octanol–water partition coefficient (Wildman–Crippen LogP) is 4.06. The van der Waals surface area contributed by atoms with Crippen molar-refractivity contribution in [3.63, 3.8) is 0 Å². The average molecular weight is 419 g/mol. The fraction of sp³-hybridized carbons (Fsp3) is 0.360. The zero-order chi connectivity index (χ0) is 21.8. The van der Waals surface area contributed by atoms with Crippen molar-refractivity contribution >= 4 is 5.91 Å². The highest BCUT2D eigenvalue weighted by Crippen LogP contribution is 2.27. The second-order valence-corrected chi connectivity index (χ2v) is 8.14. The molecule has 6 nitrogen and oxygen atoms in total. The van der Waals surface area contributed by atoms with Gasteiger partial charge in [-0.25, -0.2) is 4.68 Å². The molecule has 2 aromatic carbocycles. The van der Waals surface area contributed by atoms with Gasteiger partial charge in [-0.1, -0.05) is 29.8 Å². The lowest BCUT2D eigenvalue weighted by Crippen LogP contribution is -2.37. The van der Waals surface area contributed by atoms with Crippen LogP contribution in [-0.4, -0.2) is 47.3 Å². The minimum absolute atomic E-state index is 0.0945.